The van der Waals surface area contributed by atoms with Gasteiger partial charge in [-0.15, -0.1) is 0 Å². The highest BCUT2D eigenvalue weighted by atomic mass is 79.9. The number of hydrogen-bond acceptors (Lipinski definition) is 4. The molecule has 4 N–H and O–H groups in total. The summed E-state index contributed by atoms with van der Waals surface area (Å²) in [7, 11) is 0. The van der Waals surface area contributed by atoms with Crippen LogP contribution >= 0.6 is 63.7 Å². The second kappa shape index (κ2) is 12.9. The SMILES string of the molecule is CC(C)(c1cc(Br)c(O)c(Br)c1)c1cc(Br)c(O)c(Br)c1.Cc1cc(C(C)(C)c2cc(C)c(O)c(C)c2)cc(C)c1O. The van der Waals surface area contributed by atoms with Gasteiger partial charge in [0.1, 0.15) is 23.0 Å². The van der Waals surface area contributed by atoms with E-state index in [4.69, 9.17) is 0 Å². The lowest BCUT2D eigenvalue weighted by molar-refractivity contribution is 0.464. The zero-order valence-corrected chi connectivity index (χ0v) is 31.3. The number of halogens is 4. The summed E-state index contributed by atoms with van der Waals surface area (Å²) in [5, 5.41) is 39.6. The van der Waals surface area contributed by atoms with Crippen molar-refractivity contribution in [3.05, 3.63) is 111 Å². The van der Waals surface area contributed by atoms with Crippen LogP contribution in [0.5, 0.6) is 23.0 Å². The molecule has 42 heavy (non-hydrogen) atoms. The first-order chi connectivity index (χ1) is 19.3. The Labute approximate surface area is 282 Å². The fraction of sp³-hybridized carbons (Fsp3) is 0.294. The first kappa shape index (κ1) is 34.5. The molecule has 0 fully saturated rings. The van der Waals surface area contributed by atoms with Gasteiger partial charge in [-0.1, -0.05) is 52.0 Å². The zero-order chi connectivity index (χ0) is 31.9. The molecule has 224 valence electrons. The molecule has 0 aliphatic carbocycles. The minimum Gasteiger partial charge on any atom is -0.507 e. The molecule has 0 heterocycles. The van der Waals surface area contributed by atoms with Crippen LogP contribution < -0.4 is 0 Å². The Kier molecular flexibility index (Phi) is 10.6. The van der Waals surface area contributed by atoms with Crippen molar-refractivity contribution in [1.29, 1.82) is 0 Å². The fourth-order valence-electron chi connectivity index (χ4n) is 4.82. The number of aryl methyl sites for hydroxylation is 4. The molecule has 4 nitrogen and oxygen atoms in total. The molecule has 4 rings (SSSR count). The lowest BCUT2D eigenvalue weighted by Crippen LogP contribution is -2.19. The molecule has 0 saturated carbocycles. The standard InChI is InChI=1S/C19H24O2.C15H12Br4O2/c1-11-7-15(8-12(2)17(11)20)19(5,6)16-9-13(3)18(21)14(4)10-16;1-15(2,7-3-9(16)13(20)10(17)4-7)8-5-11(18)14(21)12(19)6-8/h7-10,20-21H,1-6H3;3-6,20-21H,1-2H3. The smallest absolute Gasteiger partial charge is 0.143 e. The van der Waals surface area contributed by atoms with Gasteiger partial charge in [0.05, 0.1) is 17.9 Å². The van der Waals surface area contributed by atoms with Crippen molar-refractivity contribution in [3.63, 3.8) is 0 Å². The van der Waals surface area contributed by atoms with E-state index in [-0.39, 0.29) is 22.3 Å². The van der Waals surface area contributed by atoms with Gasteiger partial charge < -0.3 is 20.4 Å². The lowest BCUT2D eigenvalue weighted by atomic mass is 9.76. The Morgan fingerprint density at radius 3 is 0.786 bits per heavy atom. The van der Waals surface area contributed by atoms with Gasteiger partial charge in [0.2, 0.25) is 0 Å². The maximum absolute atomic E-state index is 9.96. The Morgan fingerprint density at radius 1 is 0.381 bits per heavy atom. The number of rotatable bonds is 4. The van der Waals surface area contributed by atoms with Gasteiger partial charge in [0, 0.05) is 10.8 Å². The largest absolute Gasteiger partial charge is 0.507 e. The molecule has 0 saturated heterocycles. The van der Waals surface area contributed by atoms with Crippen molar-refractivity contribution in [1.82, 2.24) is 0 Å². The minimum atomic E-state index is -0.308. The normalized spacial score (nSPS) is 11.7. The van der Waals surface area contributed by atoms with Gasteiger partial charge in [0.15, 0.2) is 0 Å². The van der Waals surface area contributed by atoms with Crippen molar-refractivity contribution in [2.45, 2.75) is 66.2 Å². The van der Waals surface area contributed by atoms with E-state index in [2.05, 4.69) is 91.4 Å². The van der Waals surface area contributed by atoms with Crippen molar-refractivity contribution in [2.24, 2.45) is 0 Å². The molecular formula is C34H36Br4O4. The van der Waals surface area contributed by atoms with Crippen LogP contribution in [0.4, 0.5) is 0 Å². The molecule has 0 aliphatic heterocycles. The Bertz CT molecular complexity index is 1320. The first-order valence-corrected chi connectivity index (χ1v) is 16.4. The Hall–Kier alpha value is -2.00. The predicted octanol–water partition coefficient (Wildman–Crippen LogP) is 11.1. The minimum absolute atomic E-state index is 0.183. The summed E-state index contributed by atoms with van der Waals surface area (Å²) in [4.78, 5) is 0. The van der Waals surface area contributed by atoms with E-state index in [0.29, 0.717) is 29.4 Å². The van der Waals surface area contributed by atoms with Crippen LogP contribution in [-0.4, -0.2) is 20.4 Å². The van der Waals surface area contributed by atoms with E-state index in [9.17, 15) is 20.4 Å². The molecule has 8 heteroatoms. The van der Waals surface area contributed by atoms with E-state index in [1.54, 1.807) is 0 Å². The third-order valence-corrected chi connectivity index (χ3v) is 10.3. The number of phenolic OH excluding ortho intramolecular Hbond substituents is 4. The average molecular weight is 828 g/mol. The van der Waals surface area contributed by atoms with E-state index in [0.717, 1.165) is 33.4 Å². The fourth-order valence-corrected chi connectivity index (χ4v) is 7.19. The summed E-state index contributed by atoms with van der Waals surface area (Å²) in [6, 6.07) is 15.8. The molecule has 0 radical (unpaired) electrons. The summed E-state index contributed by atoms with van der Waals surface area (Å²) in [6.07, 6.45) is 0. The van der Waals surface area contributed by atoms with Gasteiger partial charge in [-0.25, -0.2) is 0 Å². The molecule has 4 aromatic carbocycles. The molecule has 0 aromatic heterocycles. The van der Waals surface area contributed by atoms with Crippen molar-refractivity contribution < 1.29 is 20.4 Å². The summed E-state index contributed by atoms with van der Waals surface area (Å²) in [6.45, 7) is 16.2. The quantitative estimate of drug-likeness (QED) is 0.165. The molecule has 0 atom stereocenters. The highest BCUT2D eigenvalue weighted by Crippen LogP contribution is 2.43. The van der Waals surface area contributed by atoms with Crippen LogP contribution in [0, 0.1) is 27.7 Å². The van der Waals surface area contributed by atoms with Gasteiger partial charge in [-0.05, 0) is 160 Å². The first-order valence-electron chi connectivity index (χ1n) is 13.3. The second-order valence-electron chi connectivity index (χ2n) is 11.7. The monoisotopic (exact) mass is 824 g/mol. The molecule has 4 aromatic rings. The summed E-state index contributed by atoms with van der Waals surface area (Å²) in [5.41, 5.74) is 7.47. The van der Waals surface area contributed by atoms with Gasteiger partial charge in [-0.3, -0.25) is 0 Å². The van der Waals surface area contributed by atoms with E-state index in [1.807, 2.05) is 76.2 Å². The summed E-state index contributed by atoms with van der Waals surface area (Å²) >= 11 is 13.5. The van der Waals surface area contributed by atoms with E-state index >= 15 is 0 Å². The number of hydrogen-bond donors (Lipinski definition) is 4. The molecule has 0 aliphatic rings. The summed E-state index contributed by atoms with van der Waals surface area (Å²) < 4.78 is 2.54. The predicted molar refractivity (Wildman–Crippen MR) is 186 cm³/mol. The van der Waals surface area contributed by atoms with Crippen molar-refractivity contribution in [2.75, 3.05) is 0 Å². The van der Waals surface area contributed by atoms with Crippen LogP contribution in [0.25, 0.3) is 0 Å². The molecule has 0 unspecified atom stereocenters. The molecular weight excluding hydrogens is 792 g/mol. The van der Waals surface area contributed by atoms with Crippen LogP contribution in [-0.2, 0) is 10.8 Å². The average Bonchev–Trinajstić information content (AvgIpc) is 2.91. The van der Waals surface area contributed by atoms with E-state index in [1.165, 1.54) is 11.1 Å². The van der Waals surface area contributed by atoms with Gasteiger partial charge in [0.25, 0.3) is 0 Å². The molecule has 0 spiro atoms. The van der Waals surface area contributed by atoms with Crippen LogP contribution in [0.3, 0.4) is 0 Å². The second-order valence-corrected chi connectivity index (χ2v) is 15.2. The Balaban J connectivity index is 0.000000230. The zero-order valence-electron chi connectivity index (χ0n) is 24.9. The van der Waals surface area contributed by atoms with E-state index < -0.39 is 0 Å². The lowest BCUT2D eigenvalue weighted by Gasteiger charge is -2.28. The van der Waals surface area contributed by atoms with Crippen LogP contribution in [0.2, 0.25) is 0 Å². The van der Waals surface area contributed by atoms with Crippen LogP contribution in [0.1, 0.15) is 72.2 Å². The number of phenols is 4. The highest BCUT2D eigenvalue weighted by molar-refractivity contribution is 9.11. The number of benzene rings is 4. The summed E-state index contributed by atoms with van der Waals surface area (Å²) in [5.74, 6) is 1.10. The third-order valence-electron chi connectivity index (χ3n) is 7.90. The Morgan fingerprint density at radius 2 is 0.571 bits per heavy atom. The van der Waals surface area contributed by atoms with Gasteiger partial charge >= 0.3 is 0 Å². The molecule has 0 amide bonds. The number of aromatic hydroxyl groups is 4. The van der Waals surface area contributed by atoms with Crippen molar-refractivity contribution in [3.8, 4) is 23.0 Å². The van der Waals surface area contributed by atoms with Crippen molar-refractivity contribution >= 4 is 63.7 Å². The maximum Gasteiger partial charge on any atom is 0.143 e. The topological polar surface area (TPSA) is 80.9 Å². The molecule has 0 bridgehead atoms. The highest BCUT2D eigenvalue weighted by Gasteiger charge is 2.27. The van der Waals surface area contributed by atoms with Crippen LogP contribution in [0.15, 0.2) is 66.4 Å². The van der Waals surface area contributed by atoms with Gasteiger partial charge in [-0.2, -0.15) is 0 Å². The maximum atomic E-state index is 9.96. The third kappa shape index (κ3) is 7.03.